The summed E-state index contributed by atoms with van der Waals surface area (Å²) in [5.74, 6) is -1.11. The highest BCUT2D eigenvalue weighted by molar-refractivity contribution is 5.86. The fraction of sp³-hybridized carbons (Fsp3) is 0.700. The SMILES string of the molecule is COCc1c(C(=O)O)nnn1C(C)CCCO. The van der Waals surface area contributed by atoms with Gasteiger partial charge >= 0.3 is 5.97 Å². The molecule has 0 fully saturated rings. The van der Waals surface area contributed by atoms with Crippen molar-refractivity contribution in [3.05, 3.63) is 11.4 Å². The zero-order valence-electron chi connectivity index (χ0n) is 9.96. The van der Waals surface area contributed by atoms with E-state index in [1.54, 1.807) is 4.68 Å². The van der Waals surface area contributed by atoms with Gasteiger partial charge < -0.3 is 14.9 Å². The summed E-state index contributed by atoms with van der Waals surface area (Å²) in [6.07, 6.45) is 1.34. The number of nitrogens with zero attached hydrogens (tertiary/aromatic N) is 3. The molecule has 0 spiro atoms. The molecular weight excluding hydrogens is 226 g/mol. The van der Waals surface area contributed by atoms with Crippen LogP contribution in [0.4, 0.5) is 0 Å². The van der Waals surface area contributed by atoms with Gasteiger partial charge in [0.05, 0.1) is 18.3 Å². The average molecular weight is 243 g/mol. The highest BCUT2D eigenvalue weighted by Gasteiger charge is 2.21. The molecule has 0 saturated heterocycles. The van der Waals surface area contributed by atoms with Crippen LogP contribution in [0.15, 0.2) is 0 Å². The van der Waals surface area contributed by atoms with Gasteiger partial charge in [-0.25, -0.2) is 9.48 Å². The van der Waals surface area contributed by atoms with E-state index in [0.29, 0.717) is 18.5 Å². The van der Waals surface area contributed by atoms with E-state index in [2.05, 4.69) is 10.3 Å². The first kappa shape index (κ1) is 13.6. The number of aromatic carboxylic acids is 1. The Kier molecular flexibility index (Phi) is 5.05. The Labute approximate surface area is 99.0 Å². The molecular formula is C10H17N3O4. The molecule has 0 aliphatic rings. The fourth-order valence-electron chi connectivity index (χ4n) is 1.61. The highest BCUT2D eigenvalue weighted by Crippen LogP contribution is 2.17. The molecule has 2 N–H and O–H groups in total. The number of hydrogen-bond acceptors (Lipinski definition) is 5. The van der Waals surface area contributed by atoms with Gasteiger partial charge in [0.2, 0.25) is 0 Å². The number of rotatable bonds is 7. The highest BCUT2D eigenvalue weighted by atomic mass is 16.5. The van der Waals surface area contributed by atoms with Crippen LogP contribution < -0.4 is 0 Å². The molecule has 7 heteroatoms. The summed E-state index contributed by atoms with van der Waals surface area (Å²) in [5, 5.41) is 25.2. The number of aromatic nitrogens is 3. The third-order valence-electron chi connectivity index (χ3n) is 2.47. The van der Waals surface area contributed by atoms with E-state index >= 15 is 0 Å². The van der Waals surface area contributed by atoms with Crippen LogP contribution in [0.2, 0.25) is 0 Å². The van der Waals surface area contributed by atoms with E-state index in [9.17, 15) is 4.79 Å². The molecule has 1 aromatic rings. The van der Waals surface area contributed by atoms with Gasteiger partial charge in [0.1, 0.15) is 0 Å². The second-order valence-electron chi connectivity index (χ2n) is 3.78. The van der Waals surface area contributed by atoms with Gasteiger partial charge in [-0.05, 0) is 19.8 Å². The third kappa shape index (κ3) is 3.24. The Bertz CT molecular complexity index is 378. The maximum Gasteiger partial charge on any atom is 0.358 e. The molecule has 96 valence electrons. The minimum atomic E-state index is -1.11. The van der Waals surface area contributed by atoms with Crippen LogP contribution in [-0.4, -0.2) is 44.9 Å². The summed E-state index contributed by atoms with van der Waals surface area (Å²) in [4.78, 5) is 10.9. The molecule has 0 saturated carbocycles. The number of aliphatic hydroxyl groups is 1. The van der Waals surface area contributed by atoms with Crippen molar-refractivity contribution in [3.8, 4) is 0 Å². The number of ether oxygens (including phenoxy) is 1. The molecule has 1 heterocycles. The minimum absolute atomic E-state index is 0.0205. The number of carbonyl (C=O) groups is 1. The van der Waals surface area contributed by atoms with Gasteiger partial charge in [0.25, 0.3) is 0 Å². The molecule has 1 atom stereocenters. The summed E-state index contributed by atoms with van der Waals surface area (Å²) >= 11 is 0. The zero-order chi connectivity index (χ0) is 12.8. The Morgan fingerprint density at radius 2 is 2.29 bits per heavy atom. The minimum Gasteiger partial charge on any atom is -0.476 e. The molecule has 1 unspecified atom stereocenters. The average Bonchev–Trinajstić information content (AvgIpc) is 2.70. The number of methoxy groups -OCH3 is 1. The first-order valence-electron chi connectivity index (χ1n) is 5.39. The van der Waals surface area contributed by atoms with Gasteiger partial charge in [0.15, 0.2) is 5.69 Å². The van der Waals surface area contributed by atoms with E-state index in [0.717, 1.165) is 0 Å². The number of carboxylic acids is 1. The lowest BCUT2D eigenvalue weighted by Gasteiger charge is -2.13. The smallest absolute Gasteiger partial charge is 0.358 e. The van der Waals surface area contributed by atoms with Crippen molar-refractivity contribution in [2.75, 3.05) is 13.7 Å². The van der Waals surface area contributed by atoms with Crippen molar-refractivity contribution >= 4 is 5.97 Å². The second-order valence-corrected chi connectivity index (χ2v) is 3.78. The van der Waals surface area contributed by atoms with Crippen molar-refractivity contribution in [1.82, 2.24) is 15.0 Å². The maximum atomic E-state index is 10.9. The quantitative estimate of drug-likeness (QED) is 0.721. The molecule has 7 nitrogen and oxygen atoms in total. The fourth-order valence-corrected chi connectivity index (χ4v) is 1.61. The lowest BCUT2D eigenvalue weighted by molar-refractivity contribution is 0.0684. The Hall–Kier alpha value is -1.47. The number of hydrogen-bond donors (Lipinski definition) is 2. The first-order chi connectivity index (χ1) is 8.11. The van der Waals surface area contributed by atoms with Gasteiger partial charge in [-0.1, -0.05) is 5.21 Å². The van der Waals surface area contributed by atoms with Crippen molar-refractivity contribution in [1.29, 1.82) is 0 Å². The van der Waals surface area contributed by atoms with E-state index in [4.69, 9.17) is 14.9 Å². The number of carboxylic acid groups (broad SMARTS) is 1. The van der Waals surface area contributed by atoms with Crippen LogP contribution >= 0.6 is 0 Å². The molecule has 1 aromatic heterocycles. The third-order valence-corrected chi connectivity index (χ3v) is 2.47. The van der Waals surface area contributed by atoms with Crippen molar-refractivity contribution in [2.24, 2.45) is 0 Å². The van der Waals surface area contributed by atoms with Crippen molar-refractivity contribution in [2.45, 2.75) is 32.4 Å². The van der Waals surface area contributed by atoms with Gasteiger partial charge in [0, 0.05) is 13.7 Å². The zero-order valence-corrected chi connectivity index (χ0v) is 9.96. The van der Waals surface area contributed by atoms with Crippen LogP contribution in [0, 0.1) is 0 Å². The van der Waals surface area contributed by atoms with E-state index in [-0.39, 0.29) is 24.9 Å². The summed E-state index contributed by atoms with van der Waals surface area (Å²) < 4.78 is 6.50. The van der Waals surface area contributed by atoms with E-state index in [1.165, 1.54) is 7.11 Å². The number of aliphatic hydroxyl groups excluding tert-OH is 1. The van der Waals surface area contributed by atoms with E-state index in [1.807, 2.05) is 6.92 Å². The second kappa shape index (κ2) is 6.31. The molecule has 0 aromatic carbocycles. The Balaban J connectivity index is 2.94. The van der Waals surface area contributed by atoms with Crippen molar-refractivity contribution < 1.29 is 19.7 Å². The summed E-state index contributed by atoms with van der Waals surface area (Å²) in [5.41, 5.74) is 0.369. The predicted molar refractivity (Wildman–Crippen MR) is 58.7 cm³/mol. The van der Waals surface area contributed by atoms with Crippen LogP contribution in [0.25, 0.3) is 0 Å². The normalized spacial score (nSPS) is 12.6. The molecule has 0 bridgehead atoms. The maximum absolute atomic E-state index is 10.9. The predicted octanol–water partition coefficient (Wildman–Crippen LogP) is 0.456. The lowest BCUT2D eigenvalue weighted by Crippen LogP contribution is -2.13. The molecule has 0 aliphatic heterocycles. The monoisotopic (exact) mass is 243 g/mol. The molecule has 1 rings (SSSR count). The van der Waals surface area contributed by atoms with Gasteiger partial charge in [-0.15, -0.1) is 5.10 Å². The first-order valence-corrected chi connectivity index (χ1v) is 5.39. The Morgan fingerprint density at radius 1 is 1.59 bits per heavy atom. The summed E-state index contributed by atoms with van der Waals surface area (Å²) in [6, 6.07) is -0.0205. The van der Waals surface area contributed by atoms with Gasteiger partial charge in [-0.2, -0.15) is 0 Å². The molecule has 0 radical (unpaired) electrons. The lowest BCUT2D eigenvalue weighted by atomic mass is 10.2. The topological polar surface area (TPSA) is 97.5 Å². The molecule has 17 heavy (non-hydrogen) atoms. The van der Waals surface area contributed by atoms with Crippen LogP contribution in [0.3, 0.4) is 0 Å². The van der Waals surface area contributed by atoms with Gasteiger partial charge in [-0.3, -0.25) is 0 Å². The van der Waals surface area contributed by atoms with Crippen LogP contribution in [0.1, 0.15) is 42.0 Å². The summed E-state index contributed by atoms with van der Waals surface area (Å²) in [7, 11) is 1.49. The van der Waals surface area contributed by atoms with Crippen LogP contribution in [0.5, 0.6) is 0 Å². The molecule has 0 amide bonds. The largest absolute Gasteiger partial charge is 0.476 e. The standard InChI is InChI=1S/C10H17N3O4/c1-7(4-3-5-14)13-8(6-17-2)9(10(15)16)11-12-13/h7,14H,3-6H2,1-2H3,(H,15,16). The van der Waals surface area contributed by atoms with Crippen molar-refractivity contribution in [3.63, 3.8) is 0 Å². The molecule has 0 aliphatic carbocycles. The van der Waals surface area contributed by atoms with Crippen LogP contribution in [-0.2, 0) is 11.3 Å². The van der Waals surface area contributed by atoms with E-state index < -0.39 is 5.97 Å². The Morgan fingerprint density at radius 3 is 2.82 bits per heavy atom. The summed E-state index contributed by atoms with van der Waals surface area (Å²) in [6.45, 7) is 2.15.